The highest BCUT2D eigenvalue weighted by atomic mass is 16.5. The van der Waals surface area contributed by atoms with Crippen molar-refractivity contribution in [3.8, 4) is 0 Å². The molecule has 0 aromatic carbocycles. The molecular formula is C18H34N2O2. The van der Waals surface area contributed by atoms with Crippen molar-refractivity contribution in [2.75, 3.05) is 13.1 Å². The van der Waals surface area contributed by atoms with E-state index in [2.05, 4.69) is 10.6 Å². The predicted molar refractivity (Wildman–Crippen MR) is 89.9 cm³/mol. The van der Waals surface area contributed by atoms with Crippen LogP contribution in [0.1, 0.15) is 77.6 Å². The minimum atomic E-state index is -0.263. The van der Waals surface area contributed by atoms with Crippen LogP contribution in [0.25, 0.3) is 0 Å². The van der Waals surface area contributed by atoms with Gasteiger partial charge in [-0.3, -0.25) is 4.79 Å². The first-order chi connectivity index (χ1) is 10.8. The molecule has 4 heteroatoms. The molecule has 2 rings (SSSR count). The highest BCUT2D eigenvalue weighted by molar-refractivity contribution is 5.80. The van der Waals surface area contributed by atoms with Crippen molar-refractivity contribution in [1.29, 1.82) is 0 Å². The molecule has 1 unspecified atom stereocenters. The zero-order valence-electron chi connectivity index (χ0n) is 14.2. The van der Waals surface area contributed by atoms with E-state index in [9.17, 15) is 4.79 Å². The first kappa shape index (κ1) is 17.7. The fraction of sp³-hybridized carbons (Fsp3) is 0.944. The van der Waals surface area contributed by atoms with E-state index < -0.39 is 0 Å². The molecule has 0 bridgehead atoms. The summed E-state index contributed by atoms with van der Waals surface area (Å²) in [4.78, 5) is 12.2. The maximum absolute atomic E-state index is 12.2. The fourth-order valence-electron chi connectivity index (χ4n) is 3.66. The third-order valence-electron chi connectivity index (χ3n) is 5.03. The van der Waals surface area contributed by atoms with Crippen LogP contribution < -0.4 is 10.6 Å². The van der Waals surface area contributed by atoms with Gasteiger partial charge in [0.2, 0.25) is 5.91 Å². The second-order valence-corrected chi connectivity index (χ2v) is 6.87. The normalized spacial score (nSPS) is 22.4. The summed E-state index contributed by atoms with van der Waals surface area (Å²) in [5.41, 5.74) is 0. The summed E-state index contributed by atoms with van der Waals surface area (Å²) in [6, 6.07) is 0.649. The summed E-state index contributed by atoms with van der Waals surface area (Å²) < 4.78 is 5.95. The largest absolute Gasteiger partial charge is 0.365 e. The Labute approximate surface area is 135 Å². The van der Waals surface area contributed by atoms with Crippen LogP contribution in [-0.2, 0) is 9.53 Å². The Morgan fingerprint density at radius 2 is 1.64 bits per heavy atom. The quantitative estimate of drug-likeness (QED) is 0.535. The summed E-state index contributed by atoms with van der Waals surface area (Å²) in [6.07, 6.45) is 13.6. The van der Waals surface area contributed by atoms with Gasteiger partial charge in [-0.25, -0.2) is 0 Å². The molecule has 2 aliphatic carbocycles. The zero-order valence-corrected chi connectivity index (χ0v) is 14.2. The van der Waals surface area contributed by atoms with Gasteiger partial charge in [-0.1, -0.05) is 45.4 Å². The van der Waals surface area contributed by atoms with Gasteiger partial charge >= 0.3 is 0 Å². The number of ether oxygens (including phenoxy) is 1. The van der Waals surface area contributed by atoms with Crippen LogP contribution in [-0.4, -0.2) is 37.2 Å². The van der Waals surface area contributed by atoms with Gasteiger partial charge in [0.1, 0.15) is 6.10 Å². The van der Waals surface area contributed by atoms with Gasteiger partial charge in [0, 0.05) is 19.1 Å². The molecule has 0 heterocycles. The van der Waals surface area contributed by atoms with E-state index >= 15 is 0 Å². The molecule has 2 N–H and O–H groups in total. The number of rotatable bonds is 8. The van der Waals surface area contributed by atoms with Crippen molar-refractivity contribution < 1.29 is 9.53 Å². The topological polar surface area (TPSA) is 50.4 Å². The molecule has 0 saturated heterocycles. The molecule has 0 aromatic heterocycles. The van der Waals surface area contributed by atoms with Gasteiger partial charge in [0.25, 0.3) is 0 Å². The lowest BCUT2D eigenvalue weighted by Gasteiger charge is -2.21. The number of carbonyl (C=O) groups excluding carboxylic acids is 1. The number of carbonyl (C=O) groups is 1. The van der Waals surface area contributed by atoms with Crippen LogP contribution in [0.5, 0.6) is 0 Å². The Morgan fingerprint density at radius 3 is 2.27 bits per heavy atom. The lowest BCUT2D eigenvalue weighted by molar-refractivity contribution is -0.136. The summed E-state index contributed by atoms with van der Waals surface area (Å²) in [5, 5.41) is 6.63. The molecule has 2 aliphatic rings. The lowest BCUT2D eigenvalue weighted by Crippen LogP contribution is -2.42. The Hall–Kier alpha value is -0.610. The SMILES string of the molecule is CCC(OC1CCCC1)C(=O)NCCNC1CCCCCC1. The Kier molecular flexibility index (Phi) is 8.24. The molecular weight excluding hydrogens is 276 g/mol. The predicted octanol–water partition coefficient (Wildman–Crippen LogP) is 3.15. The maximum atomic E-state index is 12.2. The molecule has 0 aromatic rings. The van der Waals surface area contributed by atoms with E-state index in [1.165, 1.54) is 51.4 Å². The summed E-state index contributed by atoms with van der Waals surface area (Å²) in [6.45, 7) is 3.61. The van der Waals surface area contributed by atoms with Gasteiger partial charge < -0.3 is 15.4 Å². The van der Waals surface area contributed by atoms with E-state index in [0.29, 0.717) is 18.7 Å². The second kappa shape index (κ2) is 10.2. The van der Waals surface area contributed by atoms with Crippen LogP contribution >= 0.6 is 0 Å². The lowest BCUT2D eigenvalue weighted by atomic mass is 10.1. The molecule has 128 valence electrons. The molecule has 0 aliphatic heterocycles. The molecule has 1 amide bonds. The van der Waals surface area contributed by atoms with E-state index in [0.717, 1.165) is 25.8 Å². The van der Waals surface area contributed by atoms with E-state index in [1.807, 2.05) is 6.92 Å². The fourth-order valence-corrected chi connectivity index (χ4v) is 3.66. The molecule has 0 radical (unpaired) electrons. The zero-order chi connectivity index (χ0) is 15.6. The van der Waals surface area contributed by atoms with Gasteiger partial charge in [0.05, 0.1) is 6.10 Å². The van der Waals surface area contributed by atoms with Crippen molar-refractivity contribution in [2.24, 2.45) is 0 Å². The van der Waals surface area contributed by atoms with Crippen LogP contribution in [0.2, 0.25) is 0 Å². The van der Waals surface area contributed by atoms with Crippen molar-refractivity contribution >= 4 is 5.91 Å². The van der Waals surface area contributed by atoms with Crippen molar-refractivity contribution in [3.05, 3.63) is 0 Å². The van der Waals surface area contributed by atoms with E-state index in [1.54, 1.807) is 0 Å². The number of nitrogens with one attached hydrogen (secondary N) is 2. The average Bonchev–Trinajstić information content (AvgIpc) is 2.91. The van der Waals surface area contributed by atoms with Crippen molar-refractivity contribution in [1.82, 2.24) is 10.6 Å². The highest BCUT2D eigenvalue weighted by Crippen LogP contribution is 2.23. The highest BCUT2D eigenvalue weighted by Gasteiger charge is 2.24. The maximum Gasteiger partial charge on any atom is 0.249 e. The van der Waals surface area contributed by atoms with Gasteiger partial charge in [-0.15, -0.1) is 0 Å². The number of hydrogen-bond acceptors (Lipinski definition) is 3. The first-order valence-electron chi connectivity index (χ1n) is 9.46. The van der Waals surface area contributed by atoms with Crippen LogP contribution in [0.4, 0.5) is 0 Å². The number of amides is 1. The van der Waals surface area contributed by atoms with Crippen LogP contribution in [0, 0.1) is 0 Å². The first-order valence-corrected chi connectivity index (χ1v) is 9.46. The van der Waals surface area contributed by atoms with Gasteiger partial charge in [0.15, 0.2) is 0 Å². The number of hydrogen-bond donors (Lipinski definition) is 2. The van der Waals surface area contributed by atoms with Crippen LogP contribution in [0.3, 0.4) is 0 Å². The minimum Gasteiger partial charge on any atom is -0.365 e. The third-order valence-corrected chi connectivity index (χ3v) is 5.03. The smallest absolute Gasteiger partial charge is 0.249 e. The summed E-state index contributed by atoms with van der Waals surface area (Å²) in [5.74, 6) is 0.0667. The molecule has 0 spiro atoms. The average molecular weight is 310 g/mol. The standard InChI is InChI=1S/C18H34N2O2/c1-2-17(22-16-11-7-8-12-16)18(21)20-14-13-19-15-9-5-3-4-6-10-15/h15-17,19H,2-14H2,1H3,(H,20,21). The Balaban J connectivity index is 1.58. The summed E-state index contributed by atoms with van der Waals surface area (Å²) >= 11 is 0. The third kappa shape index (κ3) is 6.25. The molecule has 2 fully saturated rings. The minimum absolute atomic E-state index is 0.0667. The van der Waals surface area contributed by atoms with Gasteiger partial charge in [-0.05, 0) is 32.1 Å². The Bertz CT molecular complexity index is 308. The van der Waals surface area contributed by atoms with E-state index in [-0.39, 0.29) is 12.0 Å². The Morgan fingerprint density at radius 1 is 1.00 bits per heavy atom. The van der Waals surface area contributed by atoms with Gasteiger partial charge in [-0.2, -0.15) is 0 Å². The molecule has 22 heavy (non-hydrogen) atoms. The van der Waals surface area contributed by atoms with E-state index in [4.69, 9.17) is 4.74 Å². The van der Waals surface area contributed by atoms with Crippen LogP contribution in [0.15, 0.2) is 0 Å². The molecule has 2 saturated carbocycles. The summed E-state index contributed by atoms with van der Waals surface area (Å²) in [7, 11) is 0. The molecule has 4 nitrogen and oxygen atoms in total. The van der Waals surface area contributed by atoms with Crippen molar-refractivity contribution in [2.45, 2.75) is 95.8 Å². The van der Waals surface area contributed by atoms with Crippen molar-refractivity contribution in [3.63, 3.8) is 0 Å². The molecule has 1 atom stereocenters. The second-order valence-electron chi connectivity index (χ2n) is 6.87. The monoisotopic (exact) mass is 310 g/mol.